The van der Waals surface area contributed by atoms with Gasteiger partial charge in [0.05, 0.1) is 6.61 Å². The van der Waals surface area contributed by atoms with Crippen molar-refractivity contribution in [3.63, 3.8) is 0 Å². The molecule has 5 atom stereocenters. The molecule has 0 aromatic carbocycles. The molecular formula is C11H19NO6. The number of amides is 1. The summed E-state index contributed by atoms with van der Waals surface area (Å²) >= 11 is 0. The van der Waals surface area contributed by atoms with Gasteiger partial charge in [0.25, 0.3) is 0 Å². The SMILES string of the molecule is C=CCN(C(C)=O)[C@@H]1O[C@H](CO)[C@@H](O)[C@H](O)[C@H]1O. The third kappa shape index (κ3) is 2.88. The number of carbonyl (C=O) groups excluding carboxylic acids is 1. The molecule has 0 bridgehead atoms. The minimum atomic E-state index is -1.49. The molecular weight excluding hydrogens is 242 g/mol. The molecule has 1 fully saturated rings. The number of nitrogens with zero attached hydrogens (tertiary/aromatic N) is 1. The first-order valence-corrected chi connectivity index (χ1v) is 5.62. The molecule has 4 N–H and O–H groups in total. The maximum Gasteiger partial charge on any atom is 0.221 e. The first-order valence-electron chi connectivity index (χ1n) is 5.62. The van der Waals surface area contributed by atoms with Crippen LogP contribution in [0.5, 0.6) is 0 Å². The van der Waals surface area contributed by atoms with E-state index in [0.29, 0.717) is 0 Å². The van der Waals surface area contributed by atoms with E-state index in [0.717, 1.165) is 4.90 Å². The molecule has 0 aromatic rings. The zero-order chi connectivity index (χ0) is 13.9. The molecule has 18 heavy (non-hydrogen) atoms. The van der Waals surface area contributed by atoms with Crippen LogP contribution in [0.15, 0.2) is 12.7 Å². The number of hydrogen-bond donors (Lipinski definition) is 4. The molecule has 1 aliphatic rings. The average Bonchev–Trinajstić information content (AvgIpc) is 2.34. The van der Waals surface area contributed by atoms with Crippen molar-refractivity contribution in [2.45, 2.75) is 37.6 Å². The van der Waals surface area contributed by atoms with Gasteiger partial charge in [-0.1, -0.05) is 6.08 Å². The molecule has 7 nitrogen and oxygen atoms in total. The Morgan fingerprint density at radius 2 is 1.94 bits per heavy atom. The van der Waals surface area contributed by atoms with Gasteiger partial charge in [-0.3, -0.25) is 4.79 Å². The highest BCUT2D eigenvalue weighted by Crippen LogP contribution is 2.23. The topological polar surface area (TPSA) is 110 Å². The molecule has 1 aliphatic heterocycles. The molecule has 0 unspecified atom stereocenters. The summed E-state index contributed by atoms with van der Waals surface area (Å²) in [6.45, 7) is 4.36. The van der Waals surface area contributed by atoms with Crippen LogP contribution >= 0.6 is 0 Å². The van der Waals surface area contributed by atoms with Crippen molar-refractivity contribution in [3.8, 4) is 0 Å². The van der Waals surface area contributed by atoms with E-state index < -0.39 is 37.3 Å². The van der Waals surface area contributed by atoms with E-state index in [1.165, 1.54) is 13.0 Å². The molecule has 1 amide bonds. The minimum Gasteiger partial charge on any atom is -0.394 e. The van der Waals surface area contributed by atoms with Crippen LogP contribution in [0.2, 0.25) is 0 Å². The number of hydrogen-bond acceptors (Lipinski definition) is 6. The third-order valence-electron chi connectivity index (χ3n) is 2.90. The van der Waals surface area contributed by atoms with Gasteiger partial charge in [-0.2, -0.15) is 0 Å². The normalized spacial score (nSPS) is 36.2. The summed E-state index contributed by atoms with van der Waals surface area (Å²) in [5, 5.41) is 38.1. The quantitative estimate of drug-likeness (QED) is 0.428. The predicted molar refractivity (Wildman–Crippen MR) is 61.4 cm³/mol. The van der Waals surface area contributed by atoms with Crippen molar-refractivity contribution < 1.29 is 30.0 Å². The Hall–Kier alpha value is -0.990. The van der Waals surface area contributed by atoms with Gasteiger partial charge in [-0.15, -0.1) is 6.58 Å². The van der Waals surface area contributed by atoms with Crippen LogP contribution in [-0.4, -0.2) is 75.0 Å². The minimum absolute atomic E-state index is 0.123. The molecule has 0 saturated carbocycles. The van der Waals surface area contributed by atoms with Gasteiger partial charge in [-0.05, 0) is 0 Å². The lowest BCUT2D eigenvalue weighted by Gasteiger charge is -2.44. The van der Waals surface area contributed by atoms with Gasteiger partial charge in [0, 0.05) is 13.5 Å². The summed E-state index contributed by atoms with van der Waals surface area (Å²) in [6, 6.07) is 0. The van der Waals surface area contributed by atoms with Crippen molar-refractivity contribution in [2.24, 2.45) is 0 Å². The Morgan fingerprint density at radius 1 is 1.33 bits per heavy atom. The van der Waals surface area contributed by atoms with Crippen LogP contribution in [0.1, 0.15) is 6.92 Å². The Morgan fingerprint density at radius 3 is 2.39 bits per heavy atom. The van der Waals surface area contributed by atoms with Crippen LogP contribution in [-0.2, 0) is 9.53 Å². The van der Waals surface area contributed by atoms with Gasteiger partial charge >= 0.3 is 0 Å². The number of aliphatic hydroxyl groups is 4. The monoisotopic (exact) mass is 261 g/mol. The number of ether oxygens (including phenoxy) is 1. The Labute approximate surface area is 105 Å². The summed E-state index contributed by atoms with van der Waals surface area (Å²) in [4.78, 5) is 12.6. The Bertz CT molecular complexity index is 308. The van der Waals surface area contributed by atoms with Crippen molar-refractivity contribution in [2.75, 3.05) is 13.2 Å². The standard InChI is InChI=1S/C11H19NO6/c1-3-4-12(6(2)14)11-10(17)9(16)8(15)7(5-13)18-11/h3,7-11,13,15-17H,1,4-5H2,2H3/t7-,8-,9+,10-,11-/m1/s1. The number of rotatable bonds is 4. The summed E-state index contributed by atoms with van der Waals surface area (Å²) in [6.07, 6.45) is -5.09. The van der Waals surface area contributed by atoms with E-state index in [1.54, 1.807) is 0 Å². The summed E-state index contributed by atoms with van der Waals surface area (Å²) < 4.78 is 5.25. The molecule has 1 rings (SSSR count). The highest BCUT2D eigenvalue weighted by molar-refractivity contribution is 5.73. The highest BCUT2D eigenvalue weighted by atomic mass is 16.6. The van der Waals surface area contributed by atoms with Crippen LogP contribution in [0.3, 0.4) is 0 Å². The van der Waals surface area contributed by atoms with Gasteiger partial charge in [0.2, 0.25) is 5.91 Å². The lowest BCUT2D eigenvalue weighted by atomic mass is 9.97. The molecule has 0 spiro atoms. The molecule has 0 radical (unpaired) electrons. The van der Waals surface area contributed by atoms with Crippen LogP contribution in [0.25, 0.3) is 0 Å². The average molecular weight is 261 g/mol. The zero-order valence-electron chi connectivity index (χ0n) is 10.1. The van der Waals surface area contributed by atoms with Crippen LogP contribution in [0, 0.1) is 0 Å². The lowest BCUT2D eigenvalue weighted by Crippen LogP contribution is -2.63. The second-order valence-corrected chi connectivity index (χ2v) is 4.18. The predicted octanol–water partition coefficient (Wildman–Crippen LogP) is -2.18. The molecule has 0 aromatic heterocycles. The van der Waals surface area contributed by atoms with Crippen molar-refractivity contribution >= 4 is 5.91 Å². The maximum atomic E-state index is 11.4. The summed E-state index contributed by atoms with van der Waals surface area (Å²) in [5.41, 5.74) is 0. The third-order valence-corrected chi connectivity index (χ3v) is 2.90. The fourth-order valence-electron chi connectivity index (χ4n) is 1.89. The van der Waals surface area contributed by atoms with Gasteiger partial charge in [0.15, 0.2) is 6.23 Å². The fourth-order valence-corrected chi connectivity index (χ4v) is 1.89. The van der Waals surface area contributed by atoms with Crippen LogP contribution in [0.4, 0.5) is 0 Å². The van der Waals surface area contributed by atoms with E-state index in [1.807, 2.05) is 0 Å². The van der Waals surface area contributed by atoms with Crippen molar-refractivity contribution in [3.05, 3.63) is 12.7 Å². The van der Waals surface area contributed by atoms with E-state index >= 15 is 0 Å². The molecule has 104 valence electrons. The van der Waals surface area contributed by atoms with Gasteiger partial charge < -0.3 is 30.1 Å². The molecule has 0 aliphatic carbocycles. The largest absolute Gasteiger partial charge is 0.394 e. The Kier molecular flexibility index (Phi) is 5.24. The Balaban J connectivity index is 2.91. The second-order valence-electron chi connectivity index (χ2n) is 4.18. The van der Waals surface area contributed by atoms with E-state index in [-0.39, 0.29) is 12.5 Å². The van der Waals surface area contributed by atoms with E-state index in [2.05, 4.69) is 6.58 Å². The van der Waals surface area contributed by atoms with Crippen molar-refractivity contribution in [1.82, 2.24) is 4.90 Å². The molecule has 7 heteroatoms. The van der Waals surface area contributed by atoms with Gasteiger partial charge in [-0.25, -0.2) is 0 Å². The summed E-state index contributed by atoms with van der Waals surface area (Å²) in [5.74, 6) is -0.376. The lowest BCUT2D eigenvalue weighted by molar-refractivity contribution is -0.260. The molecule has 1 heterocycles. The van der Waals surface area contributed by atoms with E-state index in [9.17, 15) is 20.1 Å². The second kappa shape index (κ2) is 6.26. The number of aliphatic hydroxyl groups excluding tert-OH is 4. The maximum absolute atomic E-state index is 11.4. The first-order chi connectivity index (χ1) is 8.43. The molecule has 1 saturated heterocycles. The number of carbonyl (C=O) groups is 1. The zero-order valence-corrected chi connectivity index (χ0v) is 10.1. The van der Waals surface area contributed by atoms with E-state index in [4.69, 9.17) is 9.84 Å². The van der Waals surface area contributed by atoms with Crippen LogP contribution < -0.4 is 0 Å². The van der Waals surface area contributed by atoms with Gasteiger partial charge in [0.1, 0.15) is 24.4 Å². The smallest absolute Gasteiger partial charge is 0.221 e. The van der Waals surface area contributed by atoms with Crippen molar-refractivity contribution in [1.29, 1.82) is 0 Å². The summed E-state index contributed by atoms with van der Waals surface area (Å²) in [7, 11) is 0. The first kappa shape index (κ1) is 15.1. The fraction of sp³-hybridized carbons (Fsp3) is 0.727. The highest BCUT2D eigenvalue weighted by Gasteiger charge is 2.46.